The van der Waals surface area contributed by atoms with Gasteiger partial charge in [-0.15, -0.1) is 11.8 Å². The molecule has 0 fully saturated rings. The third-order valence-electron chi connectivity index (χ3n) is 2.22. The molecule has 2 rings (SSSR count). The van der Waals surface area contributed by atoms with Crippen LogP contribution in [0.2, 0.25) is 0 Å². The fourth-order valence-corrected chi connectivity index (χ4v) is 2.35. The minimum absolute atomic E-state index is 0.0263. The highest BCUT2D eigenvalue weighted by Gasteiger charge is 2.14. The van der Waals surface area contributed by atoms with Crippen molar-refractivity contribution in [2.24, 2.45) is 0 Å². The molecule has 90 valence electrons. The molecule has 0 aliphatic rings. The van der Waals surface area contributed by atoms with Gasteiger partial charge in [0.05, 0.1) is 12.0 Å². The minimum atomic E-state index is -2.52. The number of furan rings is 1. The third kappa shape index (κ3) is 3.00. The zero-order valence-corrected chi connectivity index (χ0v) is 9.71. The second-order valence-electron chi connectivity index (χ2n) is 3.47. The lowest BCUT2D eigenvalue weighted by Gasteiger charge is -2.08. The largest absolute Gasteiger partial charge is 0.468 e. The maximum atomic E-state index is 12.8. The van der Waals surface area contributed by atoms with Gasteiger partial charge in [0.1, 0.15) is 5.76 Å². The fourth-order valence-electron chi connectivity index (χ4n) is 1.41. The smallest absolute Gasteiger partial charge is 0.265 e. The zero-order chi connectivity index (χ0) is 12.3. The fraction of sp³-hybridized carbons (Fsp3) is 0.167. The van der Waals surface area contributed by atoms with Crippen molar-refractivity contribution in [2.75, 3.05) is 5.73 Å². The Morgan fingerprint density at radius 2 is 2.12 bits per heavy atom. The lowest BCUT2D eigenvalue weighted by molar-refractivity contribution is 0.148. The van der Waals surface area contributed by atoms with Crippen LogP contribution in [0.4, 0.5) is 14.5 Å². The number of alkyl halides is 2. The lowest BCUT2D eigenvalue weighted by Crippen LogP contribution is -1.93. The first-order valence-corrected chi connectivity index (χ1v) is 5.98. The molecule has 0 atom stereocenters. The van der Waals surface area contributed by atoms with Gasteiger partial charge in [-0.05, 0) is 30.3 Å². The van der Waals surface area contributed by atoms with Gasteiger partial charge in [-0.25, -0.2) is 8.78 Å². The highest BCUT2D eigenvalue weighted by atomic mass is 32.2. The van der Waals surface area contributed by atoms with Crippen molar-refractivity contribution in [1.29, 1.82) is 0 Å². The maximum absolute atomic E-state index is 12.8. The molecule has 0 aliphatic carbocycles. The van der Waals surface area contributed by atoms with Crippen LogP contribution in [-0.4, -0.2) is 0 Å². The van der Waals surface area contributed by atoms with Crippen LogP contribution in [0, 0.1) is 0 Å². The van der Waals surface area contributed by atoms with E-state index in [9.17, 15) is 8.78 Å². The number of benzene rings is 1. The Labute approximate surface area is 102 Å². The molecular formula is C12H11F2NOS. The Kier molecular flexibility index (Phi) is 3.68. The van der Waals surface area contributed by atoms with Crippen LogP contribution in [0.15, 0.2) is 45.9 Å². The maximum Gasteiger partial charge on any atom is 0.265 e. The van der Waals surface area contributed by atoms with E-state index in [1.807, 2.05) is 6.07 Å². The van der Waals surface area contributed by atoms with Gasteiger partial charge >= 0.3 is 0 Å². The van der Waals surface area contributed by atoms with Gasteiger partial charge in [-0.3, -0.25) is 0 Å². The average molecular weight is 255 g/mol. The van der Waals surface area contributed by atoms with Crippen molar-refractivity contribution in [1.82, 2.24) is 0 Å². The number of nitrogens with two attached hydrogens (primary N) is 1. The number of hydrogen-bond donors (Lipinski definition) is 1. The summed E-state index contributed by atoms with van der Waals surface area (Å²) < 4.78 is 30.7. The molecule has 2 aromatic rings. The summed E-state index contributed by atoms with van der Waals surface area (Å²) in [6.07, 6.45) is -0.954. The monoisotopic (exact) mass is 255 g/mol. The molecule has 2 nitrogen and oxygen atoms in total. The highest BCUT2D eigenvalue weighted by Crippen LogP contribution is 2.33. The summed E-state index contributed by atoms with van der Waals surface area (Å²) >= 11 is 1.31. The molecule has 1 aromatic heterocycles. The summed E-state index contributed by atoms with van der Waals surface area (Å²) in [5.74, 6) is 1.28. The molecule has 0 saturated heterocycles. The van der Waals surface area contributed by atoms with E-state index in [2.05, 4.69) is 0 Å². The van der Waals surface area contributed by atoms with E-state index in [-0.39, 0.29) is 5.56 Å². The standard InChI is InChI=1S/C12H11F2NOS/c13-12(14)10-6-8(15)3-4-11(10)17-7-9-2-1-5-16-9/h1-6,12H,7,15H2. The van der Waals surface area contributed by atoms with E-state index in [1.54, 1.807) is 24.5 Å². The Morgan fingerprint density at radius 1 is 1.29 bits per heavy atom. The average Bonchev–Trinajstić information content (AvgIpc) is 2.80. The summed E-state index contributed by atoms with van der Waals surface area (Å²) in [6, 6.07) is 8.13. The number of halogens is 2. The summed E-state index contributed by atoms with van der Waals surface area (Å²) in [6.45, 7) is 0. The quantitative estimate of drug-likeness (QED) is 0.660. The summed E-state index contributed by atoms with van der Waals surface area (Å²) in [5, 5.41) is 0. The van der Waals surface area contributed by atoms with Crippen LogP contribution >= 0.6 is 11.8 Å². The summed E-state index contributed by atoms with van der Waals surface area (Å²) in [7, 11) is 0. The Morgan fingerprint density at radius 3 is 2.76 bits per heavy atom. The van der Waals surface area contributed by atoms with Crippen molar-refractivity contribution in [3.63, 3.8) is 0 Å². The second-order valence-corrected chi connectivity index (χ2v) is 4.48. The van der Waals surface area contributed by atoms with Gasteiger partial charge in [0.15, 0.2) is 0 Å². The molecule has 1 aromatic carbocycles. The van der Waals surface area contributed by atoms with Crippen LogP contribution in [0.5, 0.6) is 0 Å². The van der Waals surface area contributed by atoms with Gasteiger partial charge in [-0.1, -0.05) is 0 Å². The van der Waals surface area contributed by atoms with Crippen LogP contribution < -0.4 is 5.73 Å². The SMILES string of the molecule is Nc1ccc(SCc2ccco2)c(C(F)F)c1. The van der Waals surface area contributed by atoms with E-state index >= 15 is 0 Å². The number of anilines is 1. The number of nitrogen functional groups attached to an aromatic ring is 1. The highest BCUT2D eigenvalue weighted by molar-refractivity contribution is 7.98. The third-order valence-corrected chi connectivity index (χ3v) is 3.33. The predicted octanol–water partition coefficient (Wildman–Crippen LogP) is 4.09. The Hall–Kier alpha value is -1.49. The van der Waals surface area contributed by atoms with Crippen molar-refractivity contribution >= 4 is 17.4 Å². The molecule has 0 radical (unpaired) electrons. The van der Waals surface area contributed by atoms with Crippen LogP contribution in [-0.2, 0) is 5.75 Å². The molecule has 0 unspecified atom stereocenters. The van der Waals surface area contributed by atoms with Crippen LogP contribution in [0.3, 0.4) is 0 Å². The molecular weight excluding hydrogens is 244 g/mol. The number of thioether (sulfide) groups is 1. The first-order chi connectivity index (χ1) is 8.16. The van der Waals surface area contributed by atoms with Crippen molar-refractivity contribution < 1.29 is 13.2 Å². The molecule has 0 spiro atoms. The molecule has 2 N–H and O–H groups in total. The first kappa shape index (κ1) is 12.0. The lowest BCUT2D eigenvalue weighted by atomic mass is 10.2. The Bertz CT molecular complexity index is 485. The molecule has 0 saturated carbocycles. The van der Waals surface area contributed by atoms with Crippen LogP contribution in [0.25, 0.3) is 0 Å². The Balaban J connectivity index is 2.14. The molecule has 0 bridgehead atoms. The van der Waals surface area contributed by atoms with Gasteiger partial charge in [-0.2, -0.15) is 0 Å². The predicted molar refractivity (Wildman–Crippen MR) is 64.1 cm³/mol. The molecule has 1 heterocycles. The van der Waals surface area contributed by atoms with Crippen LogP contribution in [0.1, 0.15) is 17.7 Å². The number of hydrogen-bond acceptors (Lipinski definition) is 3. The topological polar surface area (TPSA) is 39.2 Å². The molecule has 0 amide bonds. The van der Waals surface area contributed by atoms with Gasteiger partial charge in [0.25, 0.3) is 6.43 Å². The summed E-state index contributed by atoms with van der Waals surface area (Å²) in [5.41, 5.74) is 5.82. The first-order valence-electron chi connectivity index (χ1n) is 4.99. The van der Waals surface area contributed by atoms with Crippen molar-refractivity contribution in [3.05, 3.63) is 47.9 Å². The van der Waals surface area contributed by atoms with E-state index in [0.29, 0.717) is 16.3 Å². The molecule has 0 aliphatic heterocycles. The normalized spacial score (nSPS) is 11.0. The van der Waals surface area contributed by atoms with Gasteiger partial charge in [0, 0.05) is 16.1 Å². The molecule has 17 heavy (non-hydrogen) atoms. The second kappa shape index (κ2) is 5.23. The number of rotatable bonds is 4. The van der Waals surface area contributed by atoms with E-state index in [4.69, 9.17) is 10.2 Å². The van der Waals surface area contributed by atoms with E-state index in [1.165, 1.54) is 17.8 Å². The van der Waals surface area contributed by atoms with E-state index in [0.717, 1.165) is 5.76 Å². The van der Waals surface area contributed by atoms with Crippen molar-refractivity contribution in [3.8, 4) is 0 Å². The van der Waals surface area contributed by atoms with Crippen molar-refractivity contribution in [2.45, 2.75) is 17.1 Å². The van der Waals surface area contributed by atoms with E-state index < -0.39 is 6.43 Å². The molecule has 5 heteroatoms. The minimum Gasteiger partial charge on any atom is -0.468 e. The van der Waals surface area contributed by atoms with Gasteiger partial charge in [0.2, 0.25) is 0 Å². The summed E-state index contributed by atoms with van der Waals surface area (Å²) in [4.78, 5) is 0.533. The van der Waals surface area contributed by atoms with Gasteiger partial charge < -0.3 is 10.2 Å². The zero-order valence-electron chi connectivity index (χ0n) is 8.90.